The molecule has 0 saturated carbocycles. The molecule has 0 radical (unpaired) electrons. The Morgan fingerprint density at radius 3 is 2.48 bits per heavy atom. The van der Waals surface area contributed by atoms with Crippen LogP contribution in [-0.2, 0) is 20.8 Å². The lowest BCUT2D eigenvalue weighted by molar-refractivity contribution is -0.921. The molecule has 2 rings (SSSR count). The second kappa shape index (κ2) is 9.75. The van der Waals surface area contributed by atoms with Crippen LogP contribution in [0.4, 0.5) is 4.79 Å². The number of esters is 1. The van der Waals surface area contributed by atoms with Crippen molar-refractivity contribution in [2.24, 2.45) is 0 Å². The Morgan fingerprint density at radius 2 is 1.84 bits per heavy atom. The average molecular weight is 350 g/mol. The van der Waals surface area contributed by atoms with Gasteiger partial charge in [-0.25, -0.2) is 9.59 Å². The summed E-state index contributed by atoms with van der Waals surface area (Å²) in [5.41, 5.74) is 1.49. The predicted molar refractivity (Wildman–Crippen MR) is 89.2 cm³/mol. The summed E-state index contributed by atoms with van der Waals surface area (Å²) in [5.74, 6) is -1.27. The number of quaternary nitrogens is 1. The van der Waals surface area contributed by atoms with Crippen molar-refractivity contribution in [2.75, 3.05) is 39.5 Å². The van der Waals surface area contributed by atoms with E-state index in [1.807, 2.05) is 12.1 Å². The summed E-state index contributed by atoms with van der Waals surface area (Å²) in [6, 6.07) is 6.51. The van der Waals surface area contributed by atoms with Crippen LogP contribution in [0.5, 0.6) is 0 Å². The largest absolute Gasteiger partial charge is 0.452 e. The van der Waals surface area contributed by atoms with Crippen LogP contribution in [0.25, 0.3) is 0 Å². The van der Waals surface area contributed by atoms with Crippen LogP contribution in [0.15, 0.2) is 24.3 Å². The summed E-state index contributed by atoms with van der Waals surface area (Å²) >= 11 is 0. The van der Waals surface area contributed by atoms with Gasteiger partial charge in [0.15, 0.2) is 6.61 Å². The number of carbonyl (C=O) groups is 3. The Balaban J connectivity index is 1.77. The molecule has 0 aliphatic carbocycles. The lowest BCUT2D eigenvalue weighted by atomic mass is 10.1. The van der Waals surface area contributed by atoms with E-state index in [2.05, 4.69) is 10.6 Å². The maximum Gasteiger partial charge on any atom is 0.338 e. The van der Waals surface area contributed by atoms with Gasteiger partial charge in [-0.2, -0.15) is 0 Å². The van der Waals surface area contributed by atoms with Crippen LogP contribution in [0.1, 0.15) is 22.8 Å². The highest BCUT2D eigenvalue weighted by Gasteiger charge is 2.15. The number of nitrogens with one attached hydrogen (secondary N) is 3. The number of imide groups is 1. The number of hydrogen-bond donors (Lipinski definition) is 3. The van der Waals surface area contributed by atoms with Crippen LogP contribution in [0.2, 0.25) is 0 Å². The molecule has 1 heterocycles. The van der Waals surface area contributed by atoms with Gasteiger partial charge in [0.25, 0.3) is 5.91 Å². The molecule has 0 spiro atoms. The fourth-order valence-corrected chi connectivity index (χ4v) is 2.47. The number of carbonyl (C=O) groups excluding carboxylic acids is 3. The lowest BCUT2D eigenvalue weighted by Crippen LogP contribution is -3.12. The maximum absolute atomic E-state index is 11.9. The van der Waals surface area contributed by atoms with Gasteiger partial charge in [0, 0.05) is 12.1 Å². The molecule has 0 atom stereocenters. The highest BCUT2D eigenvalue weighted by atomic mass is 16.5. The molecule has 0 unspecified atom stereocenters. The minimum absolute atomic E-state index is 0.367. The van der Waals surface area contributed by atoms with Crippen molar-refractivity contribution in [1.29, 1.82) is 0 Å². The molecule has 1 aromatic rings. The molecule has 3 amide bonds. The number of hydrogen-bond acceptors (Lipinski definition) is 5. The van der Waals surface area contributed by atoms with E-state index in [9.17, 15) is 14.4 Å². The van der Waals surface area contributed by atoms with Crippen LogP contribution in [0, 0.1) is 0 Å². The van der Waals surface area contributed by atoms with E-state index >= 15 is 0 Å². The van der Waals surface area contributed by atoms with Gasteiger partial charge in [0.2, 0.25) is 0 Å². The number of ether oxygens (including phenoxy) is 2. The number of amides is 3. The molecule has 3 N–H and O–H groups in total. The van der Waals surface area contributed by atoms with Crippen molar-refractivity contribution in [1.82, 2.24) is 10.6 Å². The second-order valence-corrected chi connectivity index (χ2v) is 5.72. The SMILES string of the molecule is CCNC(=O)NC(=O)COC(=O)c1ccc(C[NH+]2CCOCC2)cc1. The molecule has 1 aromatic carbocycles. The van der Waals surface area contributed by atoms with Crippen molar-refractivity contribution in [2.45, 2.75) is 13.5 Å². The molecule has 1 saturated heterocycles. The van der Waals surface area contributed by atoms with E-state index in [-0.39, 0.29) is 0 Å². The molecule has 0 aromatic heterocycles. The van der Waals surface area contributed by atoms with Gasteiger partial charge in [-0.3, -0.25) is 10.1 Å². The second-order valence-electron chi connectivity index (χ2n) is 5.72. The van der Waals surface area contributed by atoms with Gasteiger partial charge < -0.3 is 19.7 Å². The predicted octanol–water partition coefficient (Wildman–Crippen LogP) is -0.896. The summed E-state index contributed by atoms with van der Waals surface area (Å²) in [5, 5.41) is 4.48. The lowest BCUT2D eigenvalue weighted by Gasteiger charge is -2.23. The van der Waals surface area contributed by atoms with E-state index in [0.717, 1.165) is 38.4 Å². The Hall–Kier alpha value is -2.45. The van der Waals surface area contributed by atoms with E-state index in [1.165, 1.54) is 4.90 Å². The van der Waals surface area contributed by atoms with Crippen LogP contribution in [-0.4, -0.2) is 57.4 Å². The van der Waals surface area contributed by atoms with Crippen molar-refractivity contribution >= 4 is 17.9 Å². The van der Waals surface area contributed by atoms with Gasteiger partial charge in [-0.05, 0) is 19.1 Å². The molecular weight excluding hydrogens is 326 g/mol. The molecule has 8 nitrogen and oxygen atoms in total. The van der Waals surface area contributed by atoms with E-state index in [1.54, 1.807) is 19.1 Å². The van der Waals surface area contributed by atoms with Crippen LogP contribution < -0.4 is 15.5 Å². The summed E-state index contributed by atoms with van der Waals surface area (Å²) < 4.78 is 10.2. The topological polar surface area (TPSA) is 98.2 Å². The quantitative estimate of drug-likeness (QED) is 0.578. The smallest absolute Gasteiger partial charge is 0.338 e. The molecule has 25 heavy (non-hydrogen) atoms. The fourth-order valence-electron chi connectivity index (χ4n) is 2.47. The molecule has 0 bridgehead atoms. The molecule has 1 aliphatic heterocycles. The van der Waals surface area contributed by atoms with Crippen LogP contribution in [0.3, 0.4) is 0 Å². The van der Waals surface area contributed by atoms with Gasteiger partial charge in [-0.1, -0.05) is 12.1 Å². The molecule has 8 heteroatoms. The maximum atomic E-state index is 11.9. The van der Waals surface area contributed by atoms with Crippen molar-refractivity contribution in [3.05, 3.63) is 35.4 Å². The van der Waals surface area contributed by atoms with Crippen molar-refractivity contribution in [3.63, 3.8) is 0 Å². The van der Waals surface area contributed by atoms with Gasteiger partial charge in [0.1, 0.15) is 19.6 Å². The summed E-state index contributed by atoms with van der Waals surface area (Å²) in [7, 11) is 0. The first-order valence-electron chi connectivity index (χ1n) is 8.33. The summed E-state index contributed by atoms with van der Waals surface area (Å²) in [6.07, 6.45) is 0. The standard InChI is InChI=1S/C17H23N3O5/c1-2-18-17(23)19-15(21)12-25-16(22)14-5-3-13(4-6-14)11-20-7-9-24-10-8-20/h3-6H,2,7-12H2,1H3,(H2,18,19,21,23)/p+1. The third-order valence-electron chi connectivity index (χ3n) is 3.77. The number of urea groups is 1. The minimum Gasteiger partial charge on any atom is -0.452 e. The van der Waals surface area contributed by atoms with E-state index < -0.39 is 24.5 Å². The first-order chi connectivity index (χ1) is 12.1. The third-order valence-corrected chi connectivity index (χ3v) is 3.77. The highest BCUT2D eigenvalue weighted by Crippen LogP contribution is 2.05. The molecule has 136 valence electrons. The average Bonchev–Trinajstić information content (AvgIpc) is 2.61. The highest BCUT2D eigenvalue weighted by molar-refractivity contribution is 5.96. The third kappa shape index (κ3) is 6.52. The van der Waals surface area contributed by atoms with E-state index in [0.29, 0.717) is 12.1 Å². The molecular formula is C17H24N3O5+. The van der Waals surface area contributed by atoms with Crippen molar-refractivity contribution in [3.8, 4) is 0 Å². The van der Waals surface area contributed by atoms with Gasteiger partial charge in [0.05, 0.1) is 18.8 Å². The first-order valence-corrected chi connectivity index (χ1v) is 8.33. The van der Waals surface area contributed by atoms with Gasteiger partial charge in [-0.15, -0.1) is 0 Å². The zero-order valence-corrected chi connectivity index (χ0v) is 14.3. The van der Waals surface area contributed by atoms with Crippen molar-refractivity contribution < 1.29 is 28.8 Å². The normalized spacial score (nSPS) is 14.6. The Labute approximate surface area is 146 Å². The molecule has 1 fully saturated rings. The zero-order valence-electron chi connectivity index (χ0n) is 14.3. The first kappa shape index (κ1) is 18.9. The fraction of sp³-hybridized carbons (Fsp3) is 0.471. The number of rotatable bonds is 6. The zero-order chi connectivity index (χ0) is 18.1. The van der Waals surface area contributed by atoms with E-state index in [4.69, 9.17) is 9.47 Å². The Bertz CT molecular complexity index is 597. The minimum atomic E-state index is -0.674. The van der Waals surface area contributed by atoms with Gasteiger partial charge >= 0.3 is 12.0 Å². The number of morpholine rings is 1. The monoisotopic (exact) mass is 350 g/mol. The van der Waals surface area contributed by atoms with Crippen LogP contribution >= 0.6 is 0 Å². The molecule has 1 aliphatic rings. The Kier molecular flexibility index (Phi) is 7.36. The summed E-state index contributed by atoms with van der Waals surface area (Å²) in [4.78, 5) is 36.0. The summed E-state index contributed by atoms with van der Waals surface area (Å²) in [6.45, 7) is 6.01. The Morgan fingerprint density at radius 1 is 1.16 bits per heavy atom. The number of benzene rings is 1.